The molecule has 1 aliphatic heterocycles. The molecule has 1 atom stereocenters. The van der Waals surface area contributed by atoms with Gasteiger partial charge in [0.05, 0.1) is 11.9 Å². The molecule has 5 nitrogen and oxygen atoms in total. The lowest BCUT2D eigenvalue weighted by Gasteiger charge is -2.21. The Kier molecular flexibility index (Phi) is 4.33. The first-order chi connectivity index (χ1) is 11.7. The van der Waals surface area contributed by atoms with Gasteiger partial charge >= 0.3 is 0 Å². The van der Waals surface area contributed by atoms with E-state index in [1.165, 1.54) is 16.1 Å². The van der Waals surface area contributed by atoms with E-state index in [1.807, 2.05) is 39.0 Å². The quantitative estimate of drug-likeness (QED) is 0.916. The van der Waals surface area contributed by atoms with Gasteiger partial charge in [-0.1, -0.05) is 6.07 Å². The van der Waals surface area contributed by atoms with Crippen LogP contribution in [0.25, 0.3) is 0 Å². The summed E-state index contributed by atoms with van der Waals surface area (Å²) in [6, 6.07) is 10.8. The molecule has 1 N–H and O–H groups in total. The number of aryl methyl sites for hydroxylation is 2. The maximum absolute atomic E-state index is 12.5. The third-order valence-electron chi connectivity index (χ3n) is 4.62. The van der Waals surface area contributed by atoms with E-state index >= 15 is 0 Å². The molecule has 132 valence electrons. The zero-order chi connectivity index (χ0) is 18.4. The monoisotopic (exact) mass is 358 g/mol. The minimum Gasteiger partial charge on any atom is -0.322 e. The lowest BCUT2D eigenvalue weighted by atomic mass is 10.1. The molecule has 0 unspecified atom stereocenters. The number of hydrogen-bond acceptors (Lipinski definition) is 3. The highest BCUT2D eigenvalue weighted by atomic mass is 32.2. The van der Waals surface area contributed by atoms with E-state index in [-0.39, 0.29) is 11.9 Å². The van der Waals surface area contributed by atoms with Crippen LogP contribution in [-0.4, -0.2) is 26.6 Å². The Hall–Kier alpha value is -2.34. The molecule has 0 bridgehead atoms. The van der Waals surface area contributed by atoms with Crippen molar-refractivity contribution in [1.82, 2.24) is 0 Å². The Balaban J connectivity index is 1.86. The summed E-state index contributed by atoms with van der Waals surface area (Å²) < 4.78 is 25.4. The second-order valence-corrected chi connectivity index (χ2v) is 8.57. The van der Waals surface area contributed by atoms with E-state index in [9.17, 15) is 13.2 Å². The van der Waals surface area contributed by atoms with Crippen molar-refractivity contribution in [2.75, 3.05) is 15.9 Å². The van der Waals surface area contributed by atoms with Crippen molar-refractivity contribution >= 4 is 27.3 Å². The number of nitrogens with one attached hydrogen (secondary N) is 1. The third kappa shape index (κ3) is 3.39. The number of sulfonamides is 1. The molecule has 3 rings (SSSR count). The first kappa shape index (κ1) is 17.5. The van der Waals surface area contributed by atoms with Crippen molar-refractivity contribution < 1.29 is 13.2 Å². The normalized spacial score (nSPS) is 16.6. The van der Waals surface area contributed by atoms with Gasteiger partial charge in [-0.2, -0.15) is 0 Å². The summed E-state index contributed by atoms with van der Waals surface area (Å²) >= 11 is 0. The van der Waals surface area contributed by atoms with Crippen LogP contribution in [0.4, 0.5) is 11.4 Å². The number of carbonyl (C=O) groups is 1. The van der Waals surface area contributed by atoms with E-state index < -0.39 is 10.0 Å². The predicted molar refractivity (Wildman–Crippen MR) is 101 cm³/mol. The first-order valence-electron chi connectivity index (χ1n) is 8.18. The third-order valence-corrected chi connectivity index (χ3v) is 5.89. The molecule has 0 fully saturated rings. The van der Waals surface area contributed by atoms with Gasteiger partial charge in [0.15, 0.2) is 0 Å². The topological polar surface area (TPSA) is 66.5 Å². The molecule has 0 saturated heterocycles. The average molecular weight is 358 g/mol. The van der Waals surface area contributed by atoms with Crippen LogP contribution in [0.15, 0.2) is 36.4 Å². The van der Waals surface area contributed by atoms with Crippen LogP contribution in [-0.2, 0) is 16.4 Å². The highest BCUT2D eigenvalue weighted by Crippen LogP contribution is 2.34. The molecule has 2 aromatic carbocycles. The number of rotatable bonds is 3. The number of carbonyl (C=O) groups excluding carboxylic acids is 1. The first-order valence-corrected chi connectivity index (χ1v) is 10.0. The molecule has 0 spiro atoms. The zero-order valence-electron chi connectivity index (χ0n) is 14.8. The molecule has 0 saturated carbocycles. The van der Waals surface area contributed by atoms with E-state index in [2.05, 4.69) is 5.32 Å². The standard InChI is InChI=1S/C19H22N2O3S/c1-12-5-7-17(9-13(12)2)20-19(22)15-6-8-18-16(11-15)10-14(3)21(18)25(4,23)24/h5-9,11,14H,10H2,1-4H3,(H,20,22)/t14-/m0/s1. The van der Waals surface area contributed by atoms with Gasteiger partial charge < -0.3 is 5.32 Å². The fourth-order valence-electron chi connectivity index (χ4n) is 3.27. The van der Waals surface area contributed by atoms with Gasteiger partial charge in [-0.05, 0) is 74.2 Å². The Labute approximate surface area is 148 Å². The van der Waals surface area contributed by atoms with Gasteiger partial charge in [-0.3, -0.25) is 9.10 Å². The number of benzene rings is 2. The highest BCUT2D eigenvalue weighted by Gasteiger charge is 2.32. The molecule has 2 aromatic rings. The van der Waals surface area contributed by atoms with Crippen LogP contribution in [0.2, 0.25) is 0 Å². The second kappa shape index (κ2) is 6.19. The fourth-order valence-corrected chi connectivity index (χ4v) is 4.54. The van der Waals surface area contributed by atoms with E-state index in [0.29, 0.717) is 17.7 Å². The summed E-state index contributed by atoms with van der Waals surface area (Å²) in [6.45, 7) is 5.90. The van der Waals surface area contributed by atoms with Crippen LogP contribution in [0.3, 0.4) is 0 Å². The van der Waals surface area contributed by atoms with Crippen molar-refractivity contribution in [1.29, 1.82) is 0 Å². The van der Waals surface area contributed by atoms with Gasteiger partial charge in [-0.15, -0.1) is 0 Å². The van der Waals surface area contributed by atoms with Crippen LogP contribution in [0.5, 0.6) is 0 Å². The van der Waals surface area contributed by atoms with Crippen LogP contribution < -0.4 is 9.62 Å². The Morgan fingerprint density at radius 3 is 2.48 bits per heavy atom. The summed E-state index contributed by atoms with van der Waals surface area (Å²) in [4.78, 5) is 12.5. The number of hydrogen-bond donors (Lipinski definition) is 1. The van der Waals surface area contributed by atoms with Crippen LogP contribution in [0.1, 0.15) is 34.0 Å². The molecular weight excluding hydrogens is 336 g/mol. The Bertz CT molecular complexity index is 951. The van der Waals surface area contributed by atoms with Crippen molar-refractivity contribution in [2.45, 2.75) is 33.2 Å². The van der Waals surface area contributed by atoms with Gasteiger partial charge in [-0.25, -0.2) is 8.42 Å². The SMILES string of the molecule is Cc1ccc(NC(=O)c2ccc3c(c2)C[C@H](C)N3S(C)(=O)=O)cc1C. The largest absolute Gasteiger partial charge is 0.322 e. The molecular formula is C19H22N2O3S. The minimum absolute atomic E-state index is 0.136. The zero-order valence-corrected chi connectivity index (χ0v) is 15.6. The molecule has 6 heteroatoms. The Morgan fingerprint density at radius 1 is 1.12 bits per heavy atom. The van der Waals surface area contributed by atoms with Gasteiger partial charge in [0, 0.05) is 17.3 Å². The molecule has 0 aromatic heterocycles. The van der Waals surface area contributed by atoms with Gasteiger partial charge in [0.25, 0.3) is 5.91 Å². The van der Waals surface area contributed by atoms with Gasteiger partial charge in [0.1, 0.15) is 0 Å². The summed E-state index contributed by atoms with van der Waals surface area (Å²) in [6.07, 6.45) is 1.81. The number of nitrogens with zero attached hydrogens (tertiary/aromatic N) is 1. The number of fused-ring (bicyclic) bond motifs is 1. The van der Waals surface area contributed by atoms with E-state index in [1.54, 1.807) is 18.2 Å². The maximum atomic E-state index is 12.5. The van der Waals surface area contributed by atoms with Crippen LogP contribution >= 0.6 is 0 Å². The average Bonchev–Trinajstić information content (AvgIpc) is 2.85. The summed E-state index contributed by atoms with van der Waals surface area (Å²) in [5, 5.41) is 2.90. The molecule has 25 heavy (non-hydrogen) atoms. The maximum Gasteiger partial charge on any atom is 0.255 e. The molecule has 0 radical (unpaired) electrons. The van der Waals surface area contributed by atoms with Gasteiger partial charge in [0.2, 0.25) is 10.0 Å². The summed E-state index contributed by atoms with van der Waals surface area (Å²) in [5.41, 5.74) is 5.11. The van der Waals surface area contributed by atoms with E-state index in [0.717, 1.165) is 16.8 Å². The van der Waals surface area contributed by atoms with E-state index in [4.69, 9.17) is 0 Å². The molecule has 1 amide bonds. The molecule has 1 heterocycles. The summed E-state index contributed by atoms with van der Waals surface area (Å²) in [7, 11) is -3.32. The lowest BCUT2D eigenvalue weighted by Crippen LogP contribution is -2.34. The van der Waals surface area contributed by atoms with Crippen molar-refractivity contribution in [2.24, 2.45) is 0 Å². The fraction of sp³-hybridized carbons (Fsp3) is 0.316. The highest BCUT2D eigenvalue weighted by molar-refractivity contribution is 7.92. The minimum atomic E-state index is -3.32. The smallest absolute Gasteiger partial charge is 0.255 e. The van der Waals surface area contributed by atoms with Crippen molar-refractivity contribution in [3.05, 3.63) is 58.7 Å². The predicted octanol–water partition coefficient (Wildman–Crippen LogP) is 3.27. The molecule has 1 aliphatic rings. The van der Waals surface area contributed by atoms with Crippen LogP contribution in [0, 0.1) is 13.8 Å². The number of anilines is 2. The lowest BCUT2D eigenvalue weighted by molar-refractivity contribution is 0.102. The van der Waals surface area contributed by atoms with Crippen molar-refractivity contribution in [3.63, 3.8) is 0 Å². The molecule has 0 aliphatic carbocycles. The summed E-state index contributed by atoms with van der Waals surface area (Å²) in [5.74, 6) is -0.198. The number of amides is 1. The Morgan fingerprint density at radius 2 is 1.84 bits per heavy atom. The second-order valence-electron chi connectivity index (χ2n) is 6.71. The van der Waals surface area contributed by atoms with Crippen molar-refractivity contribution in [3.8, 4) is 0 Å².